The van der Waals surface area contributed by atoms with Crippen LogP contribution in [0.5, 0.6) is 0 Å². The van der Waals surface area contributed by atoms with E-state index < -0.39 is 0 Å². The molecule has 1 atom stereocenters. The highest BCUT2D eigenvalue weighted by atomic mass is 32.2. The van der Waals surface area contributed by atoms with E-state index in [-0.39, 0.29) is 0 Å². The zero-order chi connectivity index (χ0) is 14.9. The molecule has 0 aliphatic heterocycles. The molecule has 0 bridgehead atoms. The van der Waals surface area contributed by atoms with Crippen molar-refractivity contribution in [3.63, 3.8) is 0 Å². The van der Waals surface area contributed by atoms with Crippen molar-refractivity contribution < 1.29 is 4.52 Å². The Morgan fingerprint density at radius 2 is 2.05 bits per heavy atom. The summed E-state index contributed by atoms with van der Waals surface area (Å²) in [6, 6.07) is 10.7. The van der Waals surface area contributed by atoms with Gasteiger partial charge in [-0.05, 0) is 31.5 Å². The molecule has 4 nitrogen and oxygen atoms in total. The molecule has 2 aromatic rings. The predicted molar refractivity (Wildman–Crippen MR) is 86.4 cm³/mol. The number of rotatable bonds is 9. The molecule has 0 saturated heterocycles. The molecule has 1 heterocycles. The molecule has 0 fully saturated rings. The predicted octanol–water partition coefficient (Wildman–Crippen LogP) is 3.68. The van der Waals surface area contributed by atoms with Crippen molar-refractivity contribution in [3.8, 4) is 0 Å². The highest BCUT2D eigenvalue weighted by Gasteiger charge is 2.12. The fourth-order valence-corrected chi connectivity index (χ4v) is 2.78. The third kappa shape index (κ3) is 5.52. The first kappa shape index (κ1) is 16.0. The Morgan fingerprint density at radius 1 is 1.24 bits per heavy atom. The second kappa shape index (κ2) is 8.85. The van der Waals surface area contributed by atoms with Gasteiger partial charge in [0.05, 0.1) is 5.75 Å². The smallest absolute Gasteiger partial charge is 0.228 e. The molecule has 5 heteroatoms. The molecule has 0 spiro atoms. The van der Waals surface area contributed by atoms with Crippen LogP contribution in [0.15, 0.2) is 39.8 Å². The maximum atomic E-state index is 5.35. The summed E-state index contributed by atoms with van der Waals surface area (Å²) in [5.41, 5.74) is 0. The highest BCUT2D eigenvalue weighted by Crippen LogP contribution is 2.20. The Labute approximate surface area is 130 Å². The number of thioether (sulfide) groups is 1. The minimum Gasteiger partial charge on any atom is -0.339 e. The fraction of sp³-hybridized carbons (Fsp3) is 0.500. The molecule has 0 saturated carbocycles. The van der Waals surface area contributed by atoms with Crippen molar-refractivity contribution in [3.05, 3.63) is 42.0 Å². The Morgan fingerprint density at radius 3 is 2.76 bits per heavy atom. The van der Waals surface area contributed by atoms with Gasteiger partial charge in [-0.3, -0.25) is 0 Å². The molecule has 1 N–H and O–H groups in total. The summed E-state index contributed by atoms with van der Waals surface area (Å²) in [5, 5.41) is 7.57. The van der Waals surface area contributed by atoms with Gasteiger partial charge in [0, 0.05) is 17.4 Å². The quantitative estimate of drug-likeness (QED) is 0.716. The van der Waals surface area contributed by atoms with Crippen molar-refractivity contribution in [2.24, 2.45) is 0 Å². The van der Waals surface area contributed by atoms with Crippen LogP contribution in [-0.2, 0) is 12.2 Å². The third-order valence-electron chi connectivity index (χ3n) is 3.22. The Hall–Kier alpha value is -1.33. The van der Waals surface area contributed by atoms with E-state index in [0.717, 1.165) is 43.3 Å². The van der Waals surface area contributed by atoms with Crippen molar-refractivity contribution in [1.29, 1.82) is 0 Å². The van der Waals surface area contributed by atoms with Crippen LogP contribution in [0.4, 0.5) is 0 Å². The molecule has 2 rings (SSSR count). The monoisotopic (exact) mass is 305 g/mol. The van der Waals surface area contributed by atoms with E-state index >= 15 is 0 Å². The van der Waals surface area contributed by atoms with E-state index in [1.165, 1.54) is 4.90 Å². The van der Waals surface area contributed by atoms with Crippen LogP contribution >= 0.6 is 11.8 Å². The number of hydrogen-bond acceptors (Lipinski definition) is 5. The topological polar surface area (TPSA) is 51.0 Å². The Kier molecular flexibility index (Phi) is 6.76. The van der Waals surface area contributed by atoms with Gasteiger partial charge in [0.2, 0.25) is 5.89 Å². The zero-order valence-corrected chi connectivity index (χ0v) is 13.5. The van der Waals surface area contributed by atoms with Gasteiger partial charge in [-0.15, -0.1) is 11.8 Å². The number of benzene rings is 1. The summed E-state index contributed by atoms with van der Waals surface area (Å²) in [7, 11) is 0. The summed E-state index contributed by atoms with van der Waals surface area (Å²) in [6.07, 6.45) is 3.01. The second-order valence-corrected chi connectivity index (χ2v) is 6.02. The van der Waals surface area contributed by atoms with Crippen molar-refractivity contribution in [2.75, 3.05) is 6.54 Å². The summed E-state index contributed by atoms with van der Waals surface area (Å²) in [4.78, 5) is 5.70. The van der Waals surface area contributed by atoms with Crippen LogP contribution < -0.4 is 5.32 Å². The van der Waals surface area contributed by atoms with E-state index in [1.54, 1.807) is 11.8 Å². The second-order valence-electron chi connectivity index (χ2n) is 4.97. The van der Waals surface area contributed by atoms with Crippen molar-refractivity contribution in [1.82, 2.24) is 15.5 Å². The van der Waals surface area contributed by atoms with E-state index in [2.05, 4.69) is 41.4 Å². The lowest BCUT2D eigenvalue weighted by Crippen LogP contribution is -2.31. The average molecular weight is 305 g/mol. The summed E-state index contributed by atoms with van der Waals surface area (Å²) in [5.74, 6) is 2.24. The largest absolute Gasteiger partial charge is 0.339 e. The van der Waals surface area contributed by atoms with Crippen LogP contribution in [0, 0.1) is 0 Å². The summed E-state index contributed by atoms with van der Waals surface area (Å²) < 4.78 is 5.35. The Bertz CT molecular complexity index is 515. The standard InChI is InChI=1S/C16H23N3OS/c1-3-10-17-13(4-2)11-16-18-15(19-20-16)12-21-14-8-6-5-7-9-14/h5-9,13,17H,3-4,10-12H2,1-2H3. The minimum absolute atomic E-state index is 0.417. The maximum absolute atomic E-state index is 5.35. The van der Waals surface area contributed by atoms with Crippen LogP contribution in [0.3, 0.4) is 0 Å². The summed E-state index contributed by atoms with van der Waals surface area (Å²) >= 11 is 1.72. The first-order valence-electron chi connectivity index (χ1n) is 7.54. The number of hydrogen-bond donors (Lipinski definition) is 1. The van der Waals surface area contributed by atoms with E-state index in [9.17, 15) is 0 Å². The van der Waals surface area contributed by atoms with Gasteiger partial charge in [0.1, 0.15) is 0 Å². The molecule has 0 aliphatic rings. The van der Waals surface area contributed by atoms with Crippen molar-refractivity contribution in [2.45, 2.75) is 49.8 Å². The lowest BCUT2D eigenvalue weighted by molar-refractivity contribution is 0.351. The molecule has 0 amide bonds. The van der Waals surface area contributed by atoms with Crippen LogP contribution in [0.2, 0.25) is 0 Å². The fourth-order valence-electron chi connectivity index (χ4n) is 2.02. The first-order valence-corrected chi connectivity index (χ1v) is 8.53. The molecule has 1 aromatic heterocycles. The minimum atomic E-state index is 0.417. The molecule has 0 radical (unpaired) electrons. The summed E-state index contributed by atoms with van der Waals surface area (Å²) in [6.45, 7) is 5.38. The molecular weight excluding hydrogens is 282 g/mol. The third-order valence-corrected chi connectivity index (χ3v) is 4.23. The lowest BCUT2D eigenvalue weighted by Gasteiger charge is -2.13. The highest BCUT2D eigenvalue weighted by molar-refractivity contribution is 7.98. The van der Waals surface area contributed by atoms with Gasteiger partial charge in [-0.25, -0.2) is 0 Å². The zero-order valence-electron chi connectivity index (χ0n) is 12.7. The van der Waals surface area contributed by atoms with Gasteiger partial charge >= 0.3 is 0 Å². The van der Waals surface area contributed by atoms with Gasteiger partial charge < -0.3 is 9.84 Å². The molecule has 1 unspecified atom stereocenters. The lowest BCUT2D eigenvalue weighted by atomic mass is 10.1. The molecule has 0 aliphatic carbocycles. The Balaban J connectivity index is 1.83. The van der Waals surface area contributed by atoms with Gasteiger partial charge in [-0.2, -0.15) is 4.98 Å². The number of nitrogens with zero attached hydrogens (tertiary/aromatic N) is 2. The number of aromatic nitrogens is 2. The maximum Gasteiger partial charge on any atom is 0.228 e. The SMILES string of the molecule is CCCNC(CC)Cc1nc(CSc2ccccc2)no1. The van der Waals surface area contributed by atoms with Gasteiger partial charge in [0.15, 0.2) is 5.82 Å². The van der Waals surface area contributed by atoms with E-state index in [4.69, 9.17) is 4.52 Å². The van der Waals surface area contributed by atoms with Gasteiger partial charge in [0.25, 0.3) is 0 Å². The van der Waals surface area contributed by atoms with Crippen molar-refractivity contribution >= 4 is 11.8 Å². The van der Waals surface area contributed by atoms with Crippen LogP contribution in [-0.4, -0.2) is 22.7 Å². The molecule has 21 heavy (non-hydrogen) atoms. The van der Waals surface area contributed by atoms with Crippen LogP contribution in [0.25, 0.3) is 0 Å². The normalized spacial score (nSPS) is 12.5. The van der Waals surface area contributed by atoms with E-state index in [1.807, 2.05) is 18.2 Å². The molecule has 1 aromatic carbocycles. The average Bonchev–Trinajstić information content (AvgIpc) is 2.98. The number of nitrogens with one attached hydrogen (secondary N) is 1. The van der Waals surface area contributed by atoms with E-state index in [0.29, 0.717) is 6.04 Å². The molecular formula is C16H23N3OS. The van der Waals surface area contributed by atoms with Gasteiger partial charge in [-0.1, -0.05) is 37.2 Å². The first-order chi connectivity index (χ1) is 10.3. The van der Waals surface area contributed by atoms with Crippen LogP contribution in [0.1, 0.15) is 38.4 Å². The molecule has 114 valence electrons.